The van der Waals surface area contributed by atoms with Crippen molar-refractivity contribution in [2.24, 2.45) is 0 Å². The van der Waals surface area contributed by atoms with Crippen molar-refractivity contribution in [1.29, 1.82) is 0 Å². The highest BCUT2D eigenvalue weighted by Gasteiger charge is 2.32. The van der Waals surface area contributed by atoms with Gasteiger partial charge in [-0.05, 0) is 39.9 Å². The normalized spacial score (nSPS) is 18.3. The quantitative estimate of drug-likeness (QED) is 0.165. The maximum absolute atomic E-state index is 12.6. The Bertz CT molecular complexity index is 1610. The van der Waals surface area contributed by atoms with Crippen LogP contribution in [-0.2, 0) is 22.6 Å². The summed E-state index contributed by atoms with van der Waals surface area (Å²) < 4.78 is 12.9. The lowest BCUT2D eigenvalue weighted by atomic mass is 9.97. The number of H-pyrrole nitrogens is 1. The fourth-order valence-corrected chi connectivity index (χ4v) is 5.90. The first-order chi connectivity index (χ1) is 21.2. The van der Waals surface area contributed by atoms with E-state index in [1.807, 2.05) is 84.9 Å². The topological polar surface area (TPSA) is 109 Å². The van der Waals surface area contributed by atoms with Crippen LogP contribution in [0, 0.1) is 0 Å². The van der Waals surface area contributed by atoms with E-state index in [0.29, 0.717) is 24.3 Å². The molecule has 1 aliphatic heterocycles. The van der Waals surface area contributed by atoms with Gasteiger partial charge in [0.2, 0.25) is 0 Å². The number of amides is 1. The second-order valence-corrected chi connectivity index (χ2v) is 11.3. The summed E-state index contributed by atoms with van der Waals surface area (Å²) in [6.07, 6.45) is 1.39. The van der Waals surface area contributed by atoms with Gasteiger partial charge in [0.15, 0.2) is 11.4 Å². The number of hydrogen-bond donors (Lipinski definition) is 3. The molecule has 0 saturated carbocycles. The second kappa shape index (κ2) is 13.8. The molecule has 1 aromatic heterocycles. The second-order valence-electron chi connectivity index (χ2n) is 10.3. The van der Waals surface area contributed by atoms with Crippen LogP contribution in [0.4, 0.5) is 0 Å². The van der Waals surface area contributed by atoms with Gasteiger partial charge in [-0.15, -0.1) is 0 Å². The van der Waals surface area contributed by atoms with Crippen molar-refractivity contribution in [3.63, 3.8) is 0 Å². The van der Waals surface area contributed by atoms with Gasteiger partial charge in [-0.3, -0.25) is 9.89 Å². The zero-order valence-corrected chi connectivity index (χ0v) is 24.2. The van der Waals surface area contributed by atoms with Gasteiger partial charge in [-0.2, -0.15) is 5.10 Å². The van der Waals surface area contributed by atoms with Gasteiger partial charge in [-0.25, -0.2) is 4.98 Å². The van der Waals surface area contributed by atoms with Crippen molar-refractivity contribution in [1.82, 2.24) is 20.5 Å². The van der Waals surface area contributed by atoms with Crippen molar-refractivity contribution in [3.8, 4) is 11.1 Å². The van der Waals surface area contributed by atoms with E-state index in [9.17, 15) is 9.90 Å². The number of thioether (sulfide) groups is 1. The Morgan fingerprint density at radius 2 is 1.65 bits per heavy atom. The first-order valence-corrected chi connectivity index (χ1v) is 15.1. The molecule has 3 atom stereocenters. The van der Waals surface area contributed by atoms with Crippen LogP contribution in [0.2, 0.25) is 0 Å². The first-order valence-electron chi connectivity index (χ1n) is 14.2. The molecule has 4 aromatic carbocycles. The summed E-state index contributed by atoms with van der Waals surface area (Å²) in [6, 6.07) is 33.4. The highest BCUT2D eigenvalue weighted by Crippen LogP contribution is 2.39. The molecule has 2 heterocycles. The van der Waals surface area contributed by atoms with Crippen molar-refractivity contribution in [2.75, 3.05) is 5.75 Å². The Morgan fingerprint density at radius 3 is 2.40 bits per heavy atom. The molecule has 0 bridgehead atoms. The molecule has 5 aromatic rings. The van der Waals surface area contributed by atoms with Gasteiger partial charge >= 0.3 is 0 Å². The van der Waals surface area contributed by atoms with Crippen LogP contribution in [-0.4, -0.2) is 38.1 Å². The van der Waals surface area contributed by atoms with E-state index in [2.05, 4.69) is 38.7 Å². The molecule has 9 heteroatoms. The third kappa shape index (κ3) is 7.21. The van der Waals surface area contributed by atoms with E-state index < -0.39 is 6.29 Å². The van der Waals surface area contributed by atoms with E-state index in [4.69, 9.17) is 9.47 Å². The number of aliphatic hydroxyl groups excluding tert-OH is 1. The van der Waals surface area contributed by atoms with Crippen LogP contribution in [0.15, 0.2) is 115 Å². The van der Waals surface area contributed by atoms with Crippen LogP contribution >= 0.6 is 11.8 Å². The van der Waals surface area contributed by atoms with E-state index in [0.717, 1.165) is 38.5 Å². The number of benzene rings is 4. The molecule has 0 aliphatic carbocycles. The molecule has 3 N–H and O–H groups in total. The number of aliphatic hydroxyl groups is 1. The van der Waals surface area contributed by atoms with Crippen molar-refractivity contribution < 1.29 is 19.4 Å². The Hall–Kier alpha value is -4.28. The monoisotopic (exact) mass is 592 g/mol. The highest BCUT2D eigenvalue weighted by molar-refractivity contribution is 7.99. The largest absolute Gasteiger partial charge is 0.392 e. The molecule has 0 spiro atoms. The van der Waals surface area contributed by atoms with Gasteiger partial charge in [0.05, 0.1) is 18.8 Å². The summed E-state index contributed by atoms with van der Waals surface area (Å²) in [6.45, 7) is 0.421. The average molecular weight is 593 g/mol. The summed E-state index contributed by atoms with van der Waals surface area (Å²) in [5, 5.41) is 20.1. The number of rotatable bonds is 10. The maximum atomic E-state index is 12.6. The number of hydrogen-bond acceptors (Lipinski definition) is 7. The van der Waals surface area contributed by atoms with Crippen molar-refractivity contribution in [3.05, 3.63) is 137 Å². The third-order valence-corrected chi connectivity index (χ3v) is 8.41. The average Bonchev–Trinajstić information content (AvgIpc) is 3.61. The summed E-state index contributed by atoms with van der Waals surface area (Å²) in [4.78, 5) is 16.8. The molecule has 0 radical (unpaired) electrons. The SMILES string of the molecule is O=C(NCc1ccccc1-c1ccc(C2OC(CSc3ncn[nH]3)CC(c3ccc(CO)cc3)O2)cc1)c1ccccc1. The standard InChI is InChI=1S/C34H32N4O4S/c39-20-23-10-12-25(13-11-23)31-18-29(21-43-34-36-22-37-38-34)41-33(42-31)27-16-14-24(15-17-27)30-9-5-4-8-28(30)19-35-32(40)26-6-2-1-3-7-26/h1-17,22,29,31,33,39H,18-21H2,(H,35,40)(H,36,37,38). The van der Waals surface area contributed by atoms with Crippen molar-refractivity contribution in [2.45, 2.75) is 43.2 Å². The smallest absolute Gasteiger partial charge is 0.251 e. The molecule has 3 unspecified atom stereocenters. The lowest BCUT2D eigenvalue weighted by Crippen LogP contribution is -2.31. The molecular formula is C34H32N4O4S. The summed E-state index contributed by atoms with van der Waals surface area (Å²) >= 11 is 1.57. The zero-order chi connectivity index (χ0) is 29.4. The minimum atomic E-state index is -0.550. The number of aromatic amines is 1. The number of carbonyl (C=O) groups excluding carboxylic acids is 1. The Balaban J connectivity index is 1.18. The molecule has 218 valence electrons. The fraction of sp³-hybridized carbons (Fsp3) is 0.206. The van der Waals surface area contributed by atoms with Gasteiger partial charge in [0.1, 0.15) is 6.33 Å². The van der Waals surface area contributed by atoms with E-state index in [1.165, 1.54) is 6.33 Å². The lowest BCUT2D eigenvalue weighted by Gasteiger charge is -2.36. The van der Waals surface area contributed by atoms with E-state index >= 15 is 0 Å². The number of ether oxygens (including phenoxy) is 2. The van der Waals surface area contributed by atoms with Crippen LogP contribution in [0.3, 0.4) is 0 Å². The number of aromatic nitrogens is 3. The maximum Gasteiger partial charge on any atom is 0.251 e. The predicted molar refractivity (Wildman–Crippen MR) is 165 cm³/mol. The fourth-order valence-electron chi connectivity index (χ4n) is 5.10. The minimum Gasteiger partial charge on any atom is -0.392 e. The van der Waals surface area contributed by atoms with Gasteiger partial charge in [-0.1, -0.05) is 103 Å². The highest BCUT2D eigenvalue weighted by atomic mass is 32.2. The summed E-state index contributed by atoms with van der Waals surface area (Å²) in [7, 11) is 0. The number of carbonyl (C=O) groups is 1. The van der Waals surface area contributed by atoms with E-state index in [1.54, 1.807) is 11.8 Å². The van der Waals surface area contributed by atoms with E-state index in [-0.39, 0.29) is 24.7 Å². The molecule has 1 saturated heterocycles. The molecule has 8 nitrogen and oxygen atoms in total. The van der Waals surface area contributed by atoms with Crippen LogP contribution < -0.4 is 5.32 Å². The third-order valence-electron chi connectivity index (χ3n) is 7.40. The Morgan fingerprint density at radius 1 is 0.907 bits per heavy atom. The first kappa shape index (κ1) is 28.8. The number of nitrogens with zero attached hydrogens (tertiary/aromatic N) is 2. The molecule has 1 fully saturated rings. The van der Waals surface area contributed by atoms with Crippen LogP contribution in [0.5, 0.6) is 0 Å². The van der Waals surface area contributed by atoms with Gasteiger partial charge < -0.3 is 19.9 Å². The molecule has 1 amide bonds. The minimum absolute atomic E-state index is 0.00284. The Labute approximate surface area is 254 Å². The van der Waals surface area contributed by atoms with Crippen LogP contribution in [0.1, 0.15) is 51.4 Å². The lowest BCUT2D eigenvalue weighted by molar-refractivity contribution is -0.245. The van der Waals surface area contributed by atoms with Crippen molar-refractivity contribution >= 4 is 17.7 Å². The van der Waals surface area contributed by atoms with Crippen LogP contribution in [0.25, 0.3) is 11.1 Å². The molecule has 1 aliphatic rings. The van der Waals surface area contributed by atoms with Gasteiger partial charge in [0, 0.05) is 29.8 Å². The number of nitrogens with one attached hydrogen (secondary N) is 2. The zero-order valence-electron chi connectivity index (χ0n) is 23.4. The summed E-state index contributed by atoms with van der Waals surface area (Å²) in [5.41, 5.74) is 6.58. The summed E-state index contributed by atoms with van der Waals surface area (Å²) in [5.74, 6) is 0.592. The molecular weight excluding hydrogens is 560 g/mol. The Kier molecular flexibility index (Phi) is 9.25. The molecule has 43 heavy (non-hydrogen) atoms. The predicted octanol–water partition coefficient (Wildman–Crippen LogP) is 6.23. The van der Waals surface area contributed by atoms with Gasteiger partial charge in [0.25, 0.3) is 5.91 Å². The molecule has 6 rings (SSSR count).